The summed E-state index contributed by atoms with van der Waals surface area (Å²) in [5.74, 6) is 0.314. The Balaban J connectivity index is 0.802. The molecular weight excluding hydrogens is 699 g/mol. The Morgan fingerprint density at radius 1 is 0.818 bits per heavy atom. The molecule has 1 atom stereocenters. The van der Waals surface area contributed by atoms with E-state index < -0.39 is 29.7 Å². The molecule has 1 aromatic heterocycles. The Hall–Kier alpha value is -5.82. The first-order valence-electron chi connectivity index (χ1n) is 18.9. The topological polar surface area (TPSA) is 146 Å². The van der Waals surface area contributed by atoms with Crippen molar-refractivity contribution in [2.24, 2.45) is 0 Å². The second-order valence-corrected chi connectivity index (χ2v) is 15.4. The Kier molecular flexibility index (Phi) is 9.72. The molecule has 0 radical (unpaired) electrons. The van der Waals surface area contributed by atoms with Gasteiger partial charge in [-0.3, -0.25) is 29.4 Å². The molecule has 13 heteroatoms. The summed E-state index contributed by atoms with van der Waals surface area (Å²) in [7, 11) is 2.13. The molecule has 8 rings (SSSR count). The number of ether oxygens (including phenoxy) is 2. The highest BCUT2D eigenvalue weighted by molar-refractivity contribution is 6.23. The molecule has 3 aliphatic heterocycles. The summed E-state index contributed by atoms with van der Waals surface area (Å²) in [6, 6.07) is 20.7. The van der Waals surface area contributed by atoms with E-state index in [9.17, 15) is 19.2 Å². The smallest absolute Gasteiger partial charge is 0.262 e. The van der Waals surface area contributed by atoms with Gasteiger partial charge in [0.25, 0.3) is 11.8 Å². The molecule has 0 bridgehead atoms. The number of piperazine rings is 1. The number of rotatable bonds is 11. The molecule has 55 heavy (non-hydrogen) atoms. The molecule has 1 aliphatic carbocycles. The molecule has 2 saturated heterocycles. The van der Waals surface area contributed by atoms with Gasteiger partial charge >= 0.3 is 0 Å². The standard InChI is InChI=1S/C42H45N7O6/c1-42(2,27-4-9-31(10-5-27)54-25-26-23-43-41(44-24-26)48-18-16-47(3)17-19-48)28-6-11-32(12-7-28)55-33-20-30(21-33)45-29-8-13-34-35(22-29)40(53)49(39(34)52)36-14-15-37(50)46-38(36)51/h4-13,22-24,30,33,36,45H,14-21,25H2,1-3H3,(H,46,50,51). The number of amides is 4. The minimum absolute atomic E-state index is 0.0472. The van der Waals surface area contributed by atoms with E-state index in [1.807, 2.05) is 36.7 Å². The number of carbonyl (C=O) groups excluding carboxylic acids is 4. The van der Waals surface area contributed by atoms with E-state index in [2.05, 4.69) is 75.6 Å². The molecule has 2 N–H and O–H groups in total. The van der Waals surface area contributed by atoms with E-state index in [0.717, 1.165) is 72.6 Å². The quantitative estimate of drug-likeness (QED) is 0.209. The fourth-order valence-corrected chi connectivity index (χ4v) is 7.61. The number of aromatic nitrogens is 2. The summed E-state index contributed by atoms with van der Waals surface area (Å²) >= 11 is 0. The predicted octanol–water partition coefficient (Wildman–Crippen LogP) is 4.56. The van der Waals surface area contributed by atoms with Gasteiger partial charge in [-0.05, 0) is 67.1 Å². The van der Waals surface area contributed by atoms with E-state index in [1.54, 1.807) is 18.2 Å². The van der Waals surface area contributed by atoms with Crippen molar-refractivity contribution in [1.29, 1.82) is 0 Å². The van der Waals surface area contributed by atoms with E-state index in [-0.39, 0.29) is 41.5 Å². The molecule has 4 heterocycles. The van der Waals surface area contributed by atoms with Crippen LogP contribution in [0.2, 0.25) is 0 Å². The van der Waals surface area contributed by atoms with Gasteiger partial charge in [-0.25, -0.2) is 9.97 Å². The van der Waals surface area contributed by atoms with Crippen LogP contribution in [0, 0.1) is 0 Å². The molecule has 3 aromatic carbocycles. The highest BCUT2D eigenvalue weighted by Crippen LogP contribution is 2.36. The second-order valence-electron chi connectivity index (χ2n) is 15.4. The maximum Gasteiger partial charge on any atom is 0.262 e. The summed E-state index contributed by atoms with van der Waals surface area (Å²) in [5.41, 5.74) is 4.26. The van der Waals surface area contributed by atoms with Crippen LogP contribution in [0.3, 0.4) is 0 Å². The number of fused-ring (bicyclic) bond motifs is 1. The Morgan fingerprint density at radius 3 is 2.11 bits per heavy atom. The lowest BCUT2D eigenvalue weighted by Crippen LogP contribution is -2.54. The average molecular weight is 744 g/mol. The second kappa shape index (κ2) is 14.8. The van der Waals surface area contributed by atoms with Crippen LogP contribution in [0.25, 0.3) is 0 Å². The number of benzene rings is 3. The van der Waals surface area contributed by atoms with Crippen LogP contribution >= 0.6 is 0 Å². The minimum atomic E-state index is -0.984. The number of imide groups is 2. The Labute approximate surface area is 320 Å². The number of nitrogens with one attached hydrogen (secondary N) is 2. The number of nitrogens with zero attached hydrogens (tertiary/aromatic N) is 5. The van der Waals surface area contributed by atoms with Crippen molar-refractivity contribution in [2.45, 2.75) is 69.7 Å². The van der Waals surface area contributed by atoms with Crippen molar-refractivity contribution in [3.8, 4) is 11.5 Å². The van der Waals surface area contributed by atoms with Crippen LogP contribution in [0.5, 0.6) is 11.5 Å². The lowest BCUT2D eigenvalue weighted by atomic mass is 9.78. The van der Waals surface area contributed by atoms with Crippen LogP contribution in [-0.4, -0.2) is 94.8 Å². The molecule has 284 valence electrons. The molecule has 1 unspecified atom stereocenters. The molecule has 4 amide bonds. The number of hydrogen-bond donors (Lipinski definition) is 2. The largest absolute Gasteiger partial charge is 0.490 e. The third-order valence-electron chi connectivity index (χ3n) is 11.2. The van der Waals surface area contributed by atoms with Crippen molar-refractivity contribution < 1.29 is 28.7 Å². The van der Waals surface area contributed by atoms with Crippen molar-refractivity contribution in [2.75, 3.05) is 43.4 Å². The Morgan fingerprint density at radius 2 is 1.45 bits per heavy atom. The van der Waals surface area contributed by atoms with Crippen LogP contribution in [0.1, 0.15) is 76.9 Å². The van der Waals surface area contributed by atoms with Crippen molar-refractivity contribution in [1.82, 2.24) is 25.1 Å². The molecule has 4 aliphatic rings. The Bertz CT molecular complexity index is 2090. The number of piperidine rings is 1. The van der Waals surface area contributed by atoms with E-state index in [0.29, 0.717) is 6.61 Å². The van der Waals surface area contributed by atoms with Gasteiger partial charge in [-0.15, -0.1) is 0 Å². The minimum Gasteiger partial charge on any atom is -0.490 e. The zero-order valence-electron chi connectivity index (χ0n) is 31.3. The number of likely N-dealkylation sites (N-methyl/N-ethyl adjacent to an activating group) is 1. The van der Waals surface area contributed by atoms with Gasteiger partial charge in [0.05, 0.1) is 11.1 Å². The maximum atomic E-state index is 13.2. The van der Waals surface area contributed by atoms with Crippen molar-refractivity contribution >= 4 is 35.3 Å². The van der Waals surface area contributed by atoms with Gasteiger partial charge in [0.15, 0.2) is 0 Å². The molecule has 0 spiro atoms. The van der Waals surface area contributed by atoms with E-state index in [4.69, 9.17) is 9.47 Å². The number of carbonyl (C=O) groups is 4. The van der Waals surface area contributed by atoms with E-state index in [1.165, 1.54) is 11.1 Å². The van der Waals surface area contributed by atoms with Crippen LogP contribution in [0.4, 0.5) is 11.6 Å². The first-order chi connectivity index (χ1) is 26.5. The third kappa shape index (κ3) is 7.48. The first kappa shape index (κ1) is 36.2. The molecule has 4 aromatic rings. The molecule has 1 saturated carbocycles. The summed E-state index contributed by atoms with van der Waals surface area (Å²) in [4.78, 5) is 64.8. The molecular formula is C42H45N7O6. The fourth-order valence-electron chi connectivity index (χ4n) is 7.61. The molecule has 3 fully saturated rings. The average Bonchev–Trinajstić information content (AvgIpc) is 3.42. The van der Waals surface area contributed by atoms with Gasteiger partial charge < -0.3 is 24.6 Å². The maximum absolute atomic E-state index is 13.2. The highest BCUT2D eigenvalue weighted by atomic mass is 16.5. The zero-order chi connectivity index (χ0) is 38.3. The van der Waals surface area contributed by atoms with Gasteiger partial charge in [0, 0.05) is 80.5 Å². The lowest BCUT2D eigenvalue weighted by Gasteiger charge is -2.36. The van der Waals surface area contributed by atoms with Crippen LogP contribution in [0.15, 0.2) is 79.1 Å². The number of hydrogen-bond acceptors (Lipinski definition) is 11. The lowest BCUT2D eigenvalue weighted by molar-refractivity contribution is -0.136. The normalized spacial score (nSPS) is 21.5. The summed E-state index contributed by atoms with van der Waals surface area (Å²) in [6.07, 6.45) is 5.51. The first-order valence-corrected chi connectivity index (χ1v) is 18.9. The zero-order valence-corrected chi connectivity index (χ0v) is 31.3. The van der Waals surface area contributed by atoms with Crippen molar-refractivity contribution in [3.05, 3.63) is 107 Å². The van der Waals surface area contributed by atoms with Crippen LogP contribution in [-0.2, 0) is 21.6 Å². The third-order valence-corrected chi connectivity index (χ3v) is 11.2. The van der Waals surface area contributed by atoms with Gasteiger partial charge in [-0.2, -0.15) is 0 Å². The SMILES string of the molecule is CN1CCN(c2ncc(COc3ccc(C(C)(C)c4ccc(OC5CC(Nc6ccc7c(c6)C(=O)N(C6CCC(=O)NC6=O)C7=O)C5)cc4)cc3)cn2)CC1. The van der Waals surface area contributed by atoms with Gasteiger partial charge in [0.1, 0.15) is 30.3 Å². The predicted molar refractivity (Wildman–Crippen MR) is 205 cm³/mol. The van der Waals surface area contributed by atoms with Crippen molar-refractivity contribution in [3.63, 3.8) is 0 Å². The fraction of sp³-hybridized carbons (Fsp3) is 0.381. The van der Waals surface area contributed by atoms with E-state index >= 15 is 0 Å². The monoisotopic (exact) mass is 743 g/mol. The van der Waals surface area contributed by atoms with Gasteiger partial charge in [0.2, 0.25) is 17.8 Å². The summed E-state index contributed by atoms with van der Waals surface area (Å²) < 4.78 is 12.3. The highest BCUT2D eigenvalue weighted by Gasteiger charge is 2.45. The summed E-state index contributed by atoms with van der Waals surface area (Å²) in [6.45, 7) is 8.69. The number of anilines is 2. The van der Waals surface area contributed by atoms with Gasteiger partial charge in [-0.1, -0.05) is 38.1 Å². The summed E-state index contributed by atoms with van der Waals surface area (Å²) in [5, 5.41) is 5.67. The van der Waals surface area contributed by atoms with Crippen LogP contribution < -0.4 is 25.0 Å². The molecule has 13 nitrogen and oxygen atoms in total.